The molecule has 38 heavy (non-hydrogen) atoms. The Kier molecular flexibility index (Phi) is 10.8. The van der Waals surface area contributed by atoms with Crippen molar-refractivity contribution in [2.24, 2.45) is 5.92 Å². The molecule has 1 aliphatic rings. The van der Waals surface area contributed by atoms with E-state index in [-0.39, 0.29) is 18.2 Å². The van der Waals surface area contributed by atoms with E-state index in [4.69, 9.17) is 23.1 Å². The van der Waals surface area contributed by atoms with Crippen molar-refractivity contribution in [2.75, 3.05) is 26.5 Å². The number of alkyl halides is 3. The highest BCUT2D eigenvalue weighted by molar-refractivity contribution is 7.88. The van der Waals surface area contributed by atoms with Crippen LogP contribution in [-0.4, -0.2) is 50.8 Å². The van der Waals surface area contributed by atoms with Crippen LogP contribution in [-0.2, 0) is 26.4 Å². The first-order valence-corrected chi connectivity index (χ1v) is 14.1. The average Bonchev–Trinajstić information content (AvgIpc) is 2.88. The van der Waals surface area contributed by atoms with Crippen LogP contribution in [0.2, 0.25) is 5.02 Å². The number of hydrogen-bond acceptors (Lipinski definition) is 4. The number of nitrogens with one attached hydrogen (secondary N) is 1. The number of aliphatic hydroxyl groups excluding tert-OH is 1. The number of aliphatic hydroxyl groups is 1. The molecule has 0 spiro atoms. The lowest BCUT2D eigenvalue weighted by Crippen LogP contribution is -2.45. The van der Waals surface area contributed by atoms with Gasteiger partial charge in [-0.15, -0.1) is 6.42 Å². The number of terminal acetylenes is 1. The lowest BCUT2D eigenvalue weighted by molar-refractivity contribution is -0.137. The predicted molar refractivity (Wildman–Crippen MR) is 142 cm³/mol. The number of rotatable bonds is 7. The van der Waals surface area contributed by atoms with Gasteiger partial charge in [-0.3, -0.25) is 4.79 Å². The molecule has 1 heterocycles. The summed E-state index contributed by atoms with van der Waals surface area (Å²) in [5.74, 6) is 2.35. The molecule has 3 rings (SSSR count). The van der Waals surface area contributed by atoms with Crippen LogP contribution < -0.4 is 4.72 Å². The average molecular weight is 573 g/mol. The van der Waals surface area contributed by atoms with Gasteiger partial charge < -0.3 is 10.0 Å². The van der Waals surface area contributed by atoms with Crippen LogP contribution in [0.15, 0.2) is 48.5 Å². The van der Waals surface area contributed by atoms with E-state index in [2.05, 4.69) is 10.6 Å². The van der Waals surface area contributed by atoms with Crippen molar-refractivity contribution < 1.29 is 31.5 Å². The van der Waals surface area contributed by atoms with Crippen LogP contribution >= 0.6 is 11.6 Å². The second-order valence-electron chi connectivity index (χ2n) is 9.28. The van der Waals surface area contributed by atoms with Gasteiger partial charge in [0.1, 0.15) is 0 Å². The van der Waals surface area contributed by atoms with Gasteiger partial charge in [-0.2, -0.15) is 13.2 Å². The summed E-state index contributed by atoms with van der Waals surface area (Å²) in [6.07, 6.45) is 3.33. The molecule has 2 atom stereocenters. The Morgan fingerprint density at radius 3 is 2.21 bits per heavy atom. The molecule has 1 saturated heterocycles. The van der Waals surface area contributed by atoms with E-state index in [1.165, 1.54) is 6.07 Å². The third-order valence-corrected chi connectivity index (χ3v) is 7.73. The van der Waals surface area contributed by atoms with Crippen LogP contribution in [0.25, 0.3) is 0 Å². The van der Waals surface area contributed by atoms with Crippen LogP contribution in [0, 0.1) is 18.3 Å². The third kappa shape index (κ3) is 8.21. The van der Waals surface area contributed by atoms with Crippen molar-refractivity contribution in [2.45, 2.75) is 43.8 Å². The lowest BCUT2D eigenvalue weighted by Gasteiger charge is -2.40. The van der Waals surface area contributed by atoms with Crippen LogP contribution in [0.4, 0.5) is 13.2 Å². The second kappa shape index (κ2) is 13.0. The molecule has 0 aromatic heterocycles. The molecular formula is C27H32ClF3N2O4S. The van der Waals surface area contributed by atoms with E-state index in [1.807, 2.05) is 0 Å². The van der Waals surface area contributed by atoms with Crippen LogP contribution in [0.5, 0.6) is 0 Å². The number of carbonyl (C=O) groups is 1. The fourth-order valence-electron chi connectivity index (χ4n) is 4.65. The van der Waals surface area contributed by atoms with Gasteiger partial charge in [0.25, 0.3) is 0 Å². The molecule has 1 fully saturated rings. The Labute approximate surface area is 227 Å². The first kappa shape index (κ1) is 31.6. The van der Waals surface area contributed by atoms with Gasteiger partial charge in [0.2, 0.25) is 15.9 Å². The topological polar surface area (TPSA) is 86.7 Å². The highest BCUT2D eigenvalue weighted by Crippen LogP contribution is 2.40. The Morgan fingerprint density at radius 2 is 1.71 bits per heavy atom. The van der Waals surface area contributed by atoms with Gasteiger partial charge in [0.05, 0.1) is 23.3 Å². The molecule has 0 radical (unpaired) electrons. The molecule has 2 N–H and O–H groups in total. The number of piperidine rings is 1. The number of hydrogen-bond donors (Lipinski definition) is 2. The van der Waals surface area contributed by atoms with Crippen molar-refractivity contribution in [3.8, 4) is 12.3 Å². The first-order valence-electron chi connectivity index (χ1n) is 11.8. The van der Waals surface area contributed by atoms with Gasteiger partial charge in [0.15, 0.2) is 0 Å². The fourth-order valence-corrected chi connectivity index (χ4v) is 5.51. The Balaban J connectivity index is 0.00000247. The van der Waals surface area contributed by atoms with Crippen molar-refractivity contribution in [3.63, 3.8) is 0 Å². The van der Waals surface area contributed by atoms with E-state index in [9.17, 15) is 26.4 Å². The lowest BCUT2D eigenvalue weighted by atomic mass is 9.68. The third-order valence-electron chi connectivity index (χ3n) is 6.76. The molecule has 11 heteroatoms. The summed E-state index contributed by atoms with van der Waals surface area (Å²) in [6, 6.07) is 10.9. The summed E-state index contributed by atoms with van der Waals surface area (Å²) in [7, 11) is -2.59. The zero-order valence-electron chi connectivity index (χ0n) is 21.4. The highest BCUT2D eigenvalue weighted by atomic mass is 35.5. The number of amides is 1. The minimum atomic E-state index is -4.47. The summed E-state index contributed by atoms with van der Waals surface area (Å²) in [5.41, 5.74) is -0.650. The summed E-state index contributed by atoms with van der Waals surface area (Å²) < 4.78 is 66.0. The summed E-state index contributed by atoms with van der Waals surface area (Å²) >= 11 is 5.93. The number of sulfonamides is 1. The van der Waals surface area contributed by atoms with Gasteiger partial charge in [-0.05, 0) is 55.0 Å². The monoisotopic (exact) mass is 572 g/mol. The normalized spacial score (nSPS) is 17.0. The van der Waals surface area contributed by atoms with Gasteiger partial charge in [-0.25, -0.2) is 13.1 Å². The minimum absolute atomic E-state index is 0.0839. The molecule has 2 unspecified atom stereocenters. The van der Waals surface area contributed by atoms with Crippen molar-refractivity contribution in [1.82, 2.24) is 9.62 Å². The second-order valence-corrected chi connectivity index (χ2v) is 11.5. The molecule has 208 valence electrons. The molecule has 2 aromatic rings. The number of halogens is 4. The van der Waals surface area contributed by atoms with Gasteiger partial charge in [-0.1, -0.05) is 47.9 Å². The zero-order chi connectivity index (χ0) is 28.7. The molecular weight excluding hydrogens is 541 g/mol. The van der Waals surface area contributed by atoms with E-state index >= 15 is 0 Å². The number of carbonyl (C=O) groups excluding carboxylic acids is 1. The number of nitrogens with zero attached hydrogens (tertiary/aromatic N) is 1. The highest BCUT2D eigenvalue weighted by Gasteiger charge is 2.39. The maximum Gasteiger partial charge on any atom is 0.416 e. The minimum Gasteiger partial charge on any atom is -0.400 e. The molecule has 0 saturated carbocycles. The van der Waals surface area contributed by atoms with E-state index in [1.54, 1.807) is 42.2 Å². The Hall–Kier alpha value is -2.58. The van der Waals surface area contributed by atoms with Crippen molar-refractivity contribution >= 4 is 27.5 Å². The maximum absolute atomic E-state index is 13.2. The predicted octanol–water partition coefficient (Wildman–Crippen LogP) is 4.78. The van der Waals surface area contributed by atoms with Crippen LogP contribution in [0.3, 0.4) is 0 Å². The number of benzene rings is 2. The van der Waals surface area contributed by atoms with Gasteiger partial charge >= 0.3 is 6.18 Å². The van der Waals surface area contributed by atoms with E-state index in [0.717, 1.165) is 25.5 Å². The molecule has 0 aliphatic carbocycles. The van der Waals surface area contributed by atoms with E-state index < -0.39 is 33.2 Å². The molecule has 0 bridgehead atoms. The van der Waals surface area contributed by atoms with Crippen molar-refractivity contribution in [1.29, 1.82) is 0 Å². The molecule has 1 amide bonds. The maximum atomic E-state index is 13.2. The van der Waals surface area contributed by atoms with Crippen LogP contribution in [0.1, 0.15) is 48.9 Å². The first-order chi connectivity index (χ1) is 17.7. The summed E-state index contributed by atoms with van der Waals surface area (Å²) in [5, 5.41) is 7.49. The standard InChI is InChI=1S/C26H28ClF3N2O3S.CH4O/c1-4-25(2,20-6-5-7-21(16-20)26(28,29)30)19-12-14-32(15-13-19)24(33)17-23(31-36(3,34)35)18-8-10-22(27)11-9-18;1-2/h1,5-11,16,19,23,31H,12-15,17H2,2-3H3;2H,1H3. The molecule has 1 aliphatic heterocycles. The largest absolute Gasteiger partial charge is 0.416 e. The summed E-state index contributed by atoms with van der Waals surface area (Å²) in [6.45, 7) is 2.50. The van der Waals surface area contributed by atoms with Gasteiger partial charge in [0, 0.05) is 31.6 Å². The fraction of sp³-hybridized carbons (Fsp3) is 0.444. The smallest absolute Gasteiger partial charge is 0.400 e. The molecule has 6 nitrogen and oxygen atoms in total. The number of likely N-dealkylation sites (tertiary alicyclic amines) is 1. The SMILES string of the molecule is C#CC(C)(c1cccc(C(F)(F)F)c1)C1CCN(C(=O)CC(NS(C)(=O)=O)c2ccc(Cl)cc2)CC1.CO. The molecule has 2 aromatic carbocycles. The Morgan fingerprint density at radius 1 is 1.16 bits per heavy atom. The Bertz CT molecular complexity index is 1240. The van der Waals surface area contributed by atoms with E-state index in [0.29, 0.717) is 42.1 Å². The summed E-state index contributed by atoms with van der Waals surface area (Å²) in [4.78, 5) is 14.7. The zero-order valence-corrected chi connectivity index (χ0v) is 23.0. The quantitative estimate of drug-likeness (QED) is 0.468. The van der Waals surface area contributed by atoms with Crippen molar-refractivity contribution in [3.05, 3.63) is 70.2 Å².